The lowest BCUT2D eigenvalue weighted by Crippen LogP contribution is -2.25. The van der Waals surface area contributed by atoms with Crippen molar-refractivity contribution in [2.75, 3.05) is 23.4 Å². The van der Waals surface area contributed by atoms with Gasteiger partial charge in [-0.15, -0.1) is 11.3 Å². The first-order valence-corrected chi connectivity index (χ1v) is 10.7. The second-order valence-corrected chi connectivity index (χ2v) is 10.3. The van der Waals surface area contributed by atoms with E-state index in [1.54, 1.807) is 16.2 Å². The molecule has 142 valence electrons. The summed E-state index contributed by atoms with van der Waals surface area (Å²) in [5.41, 5.74) is 7.80. The molecule has 4 aromatic rings. The highest BCUT2D eigenvalue weighted by Gasteiger charge is 2.37. The quantitative estimate of drug-likeness (QED) is 0.363. The predicted molar refractivity (Wildman–Crippen MR) is 122 cm³/mol. The zero-order chi connectivity index (χ0) is 21.9. The molecule has 0 unspecified atom stereocenters. The third-order valence-electron chi connectivity index (χ3n) is 5.98. The number of anilines is 3. The van der Waals surface area contributed by atoms with Gasteiger partial charge in [-0.2, -0.15) is 0 Å². The zero-order valence-corrected chi connectivity index (χ0v) is 17.4. The molecule has 4 heterocycles. The van der Waals surface area contributed by atoms with E-state index in [0.29, 0.717) is 6.67 Å². The van der Waals surface area contributed by atoms with Crippen LogP contribution in [-0.4, -0.2) is 18.2 Å². The van der Waals surface area contributed by atoms with E-state index < -0.39 is 6.98 Å². The van der Waals surface area contributed by atoms with Crippen molar-refractivity contribution in [3.05, 3.63) is 46.2 Å². The highest BCUT2D eigenvalue weighted by molar-refractivity contribution is 7.10. The summed E-state index contributed by atoms with van der Waals surface area (Å²) in [7, 11) is 0. The van der Waals surface area contributed by atoms with E-state index in [9.17, 15) is 0 Å². The number of benzene rings is 2. The molecule has 3 nitrogen and oxygen atoms in total. The van der Waals surface area contributed by atoms with Crippen LogP contribution in [0.25, 0.3) is 27.5 Å². The molecule has 28 heavy (non-hydrogen) atoms. The van der Waals surface area contributed by atoms with Crippen molar-refractivity contribution in [1.82, 2.24) is 4.57 Å². The number of aryl methyl sites for hydroxylation is 1. The third kappa shape index (κ3) is 1.94. The van der Waals surface area contributed by atoms with Crippen LogP contribution >= 0.6 is 11.3 Å². The molecule has 0 fully saturated rings. The molecule has 0 bridgehead atoms. The SMILES string of the molecule is [2H]C([2H])([2H])N1CN2c3csc(C)c3-n3c4ccccc4c4c(CC(C)(C)C)cc1c2c43. The van der Waals surface area contributed by atoms with Crippen LogP contribution < -0.4 is 9.80 Å². The Morgan fingerprint density at radius 3 is 2.75 bits per heavy atom. The minimum absolute atomic E-state index is 0.0844. The number of thiophene rings is 1. The number of nitrogens with zero attached hydrogens (tertiary/aromatic N) is 3. The Hall–Kier alpha value is -2.46. The summed E-state index contributed by atoms with van der Waals surface area (Å²) in [6.45, 7) is 7.05. The van der Waals surface area contributed by atoms with E-state index >= 15 is 0 Å². The van der Waals surface area contributed by atoms with Gasteiger partial charge in [0.05, 0.1) is 40.5 Å². The first-order valence-electron chi connectivity index (χ1n) is 11.3. The normalized spacial score (nSPS) is 17.2. The van der Waals surface area contributed by atoms with Gasteiger partial charge in [0, 0.05) is 32.1 Å². The zero-order valence-electron chi connectivity index (χ0n) is 19.6. The molecule has 0 saturated carbocycles. The average molecular weight is 391 g/mol. The number of hydrogen-bond acceptors (Lipinski definition) is 3. The number of rotatable bonds is 1. The van der Waals surface area contributed by atoms with Gasteiger partial charge in [-0.1, -0.05) is 39.0 Å². The van der Waals surface area contributed by atoms with Gasteiger partial charge < -0.3 is 14.4 Å². The Labute approximate surface area is 174 Å². The van der Waals surface area contributed by atoms with Crippen molar-refractivity contribution in [1.29, 1.82) is 0 Å². The minimum Gasteiger partial charge on any atom is -0.355 e. The van der Waals surface area contributed by atoms with Gasteiger partial charge in [0.25, 0.3) is 0 Å². The van der Waals surface area contributed by atoms with Gasteiger partial charge in [0.1, 0.15) is 0 Å². The maximum Gasteiger partial charge on any atom is 0.0952 e. The lowest BCUT2D eigenvalue weighted by Gasteiger charge is -2.27. The van der Waals surface area contributed by atoms with Crippen molar-refractivity contribution in [2.45, 2.75) is 34.1 Å². The number of aromatic nitrogens is 1. The lowest BCUT2D eigenvalue weighted by molar-refractivity contribution is 0.413. The summed E-state index contributed by atoms with van der Waals surface area (Å²) in [5.74, 6) is 0. The van der Waals surface area contributed by atoms with Crippen molar-refractivity contribution in [2.24, 2.45) is 5.41 Å². The monoisotopic (exact) mass is 390 g/mol. The molecule has 0 N–H and O–H groups in total. The van der Waals surface area contributed by atoms with Crippen LogP contribution in [0.2, 0.25) is 0 Å². The lowest BCUT2D eigenvalue weighted by atomic mass is 9.86. The van der Waals surface area contributed by atoms with Crippen LogP contribution in [-0.2, 0) is 6.42 Å². The largest absolute Gasteiger partial charge is 0.355 e. The summed E-state index contributed by atoms with van der Waals surface area (Å²) in [6.07, 6.45) is 0.884. The van der Waals surface area contributed by atoms with Gasteiger partial charge in [-0.25, -0.2) is 0 Å². The van der Waals surface area contributed by atoms with Gasteiger partial charge in [-0.3, -0.25) is 0 Å². The topological polar surface area (TPSA) is 11.4 Å². The van der Waals surface area contributed by atoms with Crippen LogP contribution in [0.3, 0.4) is 0 Å². The van der Waals surface area contributed by atoms with Crippen LogP contribution in [0.5, 0.6) is 0 Å². The highest BCUT2D eigenvalue weighted by atomic mass is 32.1. The molecule has 6 rings (SSSR count). The molecular formula is C24H25N3S. The molecule has 0 amide bonds. The molecule has 4 heteroatoms. The Balaban J connectivity index is 1.84. The summed E-state index contributed by atoms with van der Waals surface area (Å²) < 4.78 is 27.1. The molecule has 2 aromatic heterocycles. The first-order chi connectivity index (χ1) is 14.6. The van der Waals surface area contributed by atoms with E-state index in [0.717, 1.165) is 29.0 Å². The predicted octanol–water partition coefficient (Wildman–Crippen LogP) is 6.60. The Morgan fingerprint density at radius 1 is 1.14 bits per heavy atom. The summed E-state index contributed by atoms with van der Waals surface area (Å²) in [4.78, 5) is 5.05. The van der Waals surface area contributed by atoms with Crippen LogP contribution in [0.4, 0.5) is 17.1 Å². The van der Waals surface area contributed by atoms with Crippen LogP contribution in [0.15, 0.2) is 35.7 Å². The van der Waals surface area contributed by atoms with Crippen molar-refractivity contribution < 1.29 is 4.11 Å². The fourth-order valence-electron chi connectivity index (χ4n) is 5.02. The van der Waals surface area contributed by atoms with Crippen LogP contribution in [0, 0.1) is 12.3 Å². The van der Waals surface area contributed by atoms with E-state index in [-0.39, 0.29) is 5.41 Å². The van der Waals surface area contributed by atoms with E-state index in [4.69, 9.17) is 4.11 Å². The molecule has 2 aliphatic heterocycles. The van der Waals surface area contributed by atoms with Crippen molar-refractivity contribution in [3.63, 3.8) is 0 Å². The Bertz CT molecular complexity index is 1390. The summed E-state index contributed by atoms with van der Waals surface area (Å²) in [5, 5.41) is 4.67. The molecule has 0 atom stereocenters. The van der Waals surface area contributed by atoms with Gasteiger partial charge in [0.2, 0.25) is 0 Å². The molecular weight excluding hydrogens is 362 g/mol. The highest BCUT2D eigenvalue weighted by Crippen LogP contribution is 2.56. The van der Waals surface area contributed by atoms with E-state index in [1.807, 2.05) is 0 Å². The average Bonchev–Trinajstić information content (AvgIpc) is 3.32. The van der Waals surface area contributed by atoms with Crippen molar-refractivity contribution in [3.8, 4) is 5.69 Å². The smallest absolute Gasteiger partial charge is 0.0952 e. The maximum atomic E-state index is 8.23. The minimum atomic E-state index is -2.19. The fraction of sp³-hybridized carbons (Fsp3) is 0.333. The molecule has 0 saturated heterocycles. The summed E-state index contributed by atoms with van der Waals surface area (Å²) in [6, 6.07) is 10.7. The Morgan fingerprint density at radius 2 is 1.96 bits per heavy atom. The van der Waals surface area contributed by atoms with Gasteiger partial charge in [-0.05, 0) is 36.5 Å². The molecule has 0 spiro atoms. The van der Waals surface area contributed by atoms with Crippen LogP contribution in [0.1, 0.15) is 35.3 Å². The number of fused-ring (bicyclic) bond motifs is 6. The Kier molecular flexibility index (Phi) is 2.50. The second-order valence-electron chi connectivity index (χ2n) is 9.24. The number of para-hydroxylation sites is 1. The summed E-state index contributed by atoms with van der Waals surface area (Å²) >= 11 is 1.73. The molecule has 2 aromatic carbocycles. The van der Waals surface area contributed by atoms with E-state index in [1.165, 1.54) is 32.4 Å². The second kappa shape index (κ2) is 5.12. The van der Waals surface area contributed by atoms with Gasteiger partial charge >= 0.3 is 0 Å². The third-order valence-corrected chi connectivity index (χ3v) is 6.86. The fourth-order valence-corrected chi connectivity index (χ4v) is 5.85. The van der Waals surface area contributed by atoms with Gasteiger partial charge in [0.15, 0.2) is 0 Å². The first kappa shape index (κ1) is 13.7. The standard InChI is InChI=1S/C24H25N3S/c1-14-21-19(12-28-14)26-13-25(5)18-10-15(11-24(2,3)4)20-16-8-6-7-9-17(16)27(21)23(20)22(18)26/h6-10,12H,11,13H2,1-5H3/i5D3. The maximum absolute atomic E-state index is 8.23. The number of hydrogen-bond donors (Lipinski definition) is 0. The van der Waals surface area contributed by atoms with E-state index in [2.05, 4.69) is 72.9 Å². The van der Waals surface area contributed by atoms with Crippen molar-refractivity contribution >= 4 is 50.2 Å². The molecule has 0 radical (unpaired) electrons. The molecule has 2 aliphatic rings. The molecule has 0 aliphatic carbocycles.